The van der Waals surface area contributed by atoms with Crippen LogP contribution in [0.4, 0.5) is 17.6 Å². The number of aliphatic carboxylic acids is 1. The van der Waals surface area contributed by atoms with Crippen molar-refractivity contribution in [3.8, 4) is 0 Å². The lowest BCUT2D eigenvalue weighted by Crippen LogP contribution is -2.56. The molecular weight excluding hydrogens is 574 g/mol. The Kier molecular flexibility index (Phi) is 7.08. The lowest BCUT2D eigenvalue weighted by molar-refractivity contribution is -0.228. The van der Waals surface area contributed by atoms with E-state index in [2.05, 4.69) is 0 Å². The Morgan fingerprint density at radius 3 is 1.98 bits per heavy atom. The van der Waals surface area contributed by atoms with Crippen LogP contribution in [-0.2, 0) is 39.1 Å². The van der Waals surface area contributed by atoms with E-state index in [-0.39, 0.29) is 11.9 Å². The fourth-order valence-electron chi connectivity index (χ4n) is 8.79. The van der Waals surface area contributed by atoms with Crippen LogP contribution in [0.25, 0.3) is 0 Å². The maximum Gasteiger partial charge on any atom is 0.426 e. The van der Waals surface area contributed by atoms with E-state index in [0.717, 1.165) is 16.7 Å². The molecule has 2 bridgehead atoms. The second kappa shape index (κ2) is 10.0. The predicted molar refractivity (Wildman–Crippen MR) is 157 cm³/mol. The van der Waals surface area contributed by atoms with Crippen molar-refractivity contribution in [3.63, 3.8) is 0 Å². The third kappa shape index (κ3) is 4.67. The highest BCUT2D eigenvalue weighted by atomic mass is 19.4. The number of carbonyl (C=O) groups is 2. The average Bonchev–Trinajstić information content (AvgIpc) is 3.35. The van der Waals surface area contributed by atoms with Gasteiger partial charge in [-0.25, -0.2) is 4.39 Å². The molecule has 4 aliphatic carbocycles. The summed E-state index contributed by atoms with van der Waals surface area (Å²) in [4.78, 5) is 28.4. The maximum atomic E-state index is 15.0. The van der Waals surface area contributed by atoms with Gasteiger partial charge in [0.15, 0.2) is 0 Å². The van der Waals surface area contributed by atoms with Gasteiger partial charge in [-0.1, -0.05) is 42.5 Å². The normalized spacial score (nSPS) is 31.3. The molecule has 44 heavy (non-hydrogen) atoms. The second-order valence-electron chi connectivity index (χ2n) is 14.6. The molecule has 2 N–H and O–H groups in total. The Morgan fingerprint density at radius 1 is 0.864 bits per heavy atom. The van der Waals surface area contributed by atoms with E-state index < -0.39 is 45.2 Å². The summed E-state index contributed by atoms with van der Waals surface area (Å²) in [6.45, 7) is 4.48. The molecule has 5 aliphatic rings. The molecule has 5 nitrogen and oxygen atoms in total. The van der Waals surface area contributed by atoms with Crippen molar-refractivity contribution < 1.29 is 37.4 Å². The summed E-state index contributed by atoms with van der Waals surface area (Å²) in [7, 11) is 0. The van der Waals surface area contributed by atoms with Crippen LogP contribution in [0, 0.1) is 10.8 Å². The summed E-state index contributed by atoms with van der Waals surface area (Å²) in [5.74, 6) is -0.693. The van der Waals surface area contributed by atoms with Crippen molar-refractivity contribution in [2.24, 2.45) is 10.8 Å². The first kappa shape index (κ1) is 31.1. The molecule has 4 fully saturated rings. The number of hydrogen-bond acceptors (Lipinski definition) is 3. The topological polar surface area (TPSA) is 77.8 Å². The SMILES string of the molecule is CC(C)(O)c1ccc(CC23CCN(C(=O)C45CCC(C(=O)O)(CC4)CC5)C2CCc2cc(C(C)(F)C(F)(F)F)ccc23)cc1. The zero-order chi connectivity index (χ0) is 31.9. The molecule has 9 heteroatoms. The van der Waals surface area contributed by atoms with Gasteiger partial charge in [0.05, 0.1) is 11.0 Å². The molecule has 2 aromatic rings. The van der Waals surface area contributed by atoms with Gasteiger partial charge in [-0.3, -0.25) is 9.59 Å². The fraction of sp³-hybridized carbons (Fsp3) is 0.600. The minimum absolute atomic E-state index is 0.0777. The number of likely N-dealkylation sites (tertiary alicyclic amines) is 1. The smallest absolute Gasteiger partial charge is 0.426 e. The molecule has 0 aromatic heterocycles. The van der Waals surface area contributed by atoms with Gasteiger partial charge in [-0.05, 0) is 113 Å². The van der Waals surface area contributed by atoms with E-state index in [1.807, 2.05) is 29.2 Å². The van der Waals surface area contributed by atoms with E-state index in [1.54, 1.807) is 19.9 Å². The number of aliphatic hydroxyl groups is 1. The maximum absolute atomic E-state index is 15.0. The minimum atomic E-state index is -5.05. The van der Waals surface area contributed by atoms with Gasteiger partial charge < -0.3 is 15.1 Å². The number of halogens is 4. The quantitative estimate of drug-likeness (QED) is 0.340. The minimum Gasteiger partial charge on any atom is -0.481 e. The van der Waals surface area contributed by atoms with Crippen molar-refractivity contribution >= 4 is 11.9 Å². The van der Waals surface area contributed by atoms with Gasteiger partial charge in [0.1, 0.15) is 0 Å². The second-order valence-corrected chi connectivity index (χ2v) is 14.6. The number of carbonyl (C=O) groups excluding carboxylic acids is 1. The highest BCUT2D eigenvalue weighted by Gasteiger charge is 2.60. The van der Waals surface area contributed by atoms with Crippen molar-refractivity contribution in [2.45, 2.75) is 114 Å². The average molecular weight is 616 g/mol. The van der Waals surface area contributed by atoms with Gasteiger partial charge >= 0.3 is 12.1 Å². The molecule has 1 aliphatic heterocycles. The summed E-state index contributed by atoms with van der Waals surface area (Å²) in [6.07, 6.45) is 0.248. The molecule has 3 saturated carbocycles. The number of benzene rings is 2. The molecular formula is C35H41F4NO4. The third-order valence-corrected chi connectivity index (χ3v) is 11.8. The van der Waals surface area contributed by atoms with Gasteiger partial charge in [-0.15, -0.1) is 0 Å². The summed E-state index contributed by atoms with van der Waals surface area (Å²) in [5.41, 5.74) is -3.49. The number of hydrogen-bond donors (Lipinski definition) is 2. The molecule has 3 atom stereocenters. The summed E-state index contributed by atoms with van der Waals surface area (Å²) in [6, 6.07) is 11.8. The number of amides is 1. The van der Waals surface area contributed by atoms with Crippen LogP contribution in [0.15, 0.2) is 42.5 Å². The summed E-state index contributed by atoms with van der Waals surface area (Å²) < 4.78 is 55.9. The Hall–Kier alpha value is -2.94. The van der Waals surface area contributed by atoms with Crippen molar-refractivity contribution in [1.29, 1.82) is 0 Å². The highest BCUT2D eigenvalue weighted by molar-refractivity contribution is 5.86. The van der Waals surface area contributed by atoms with Crippen LogP contribution >= 0.6 is 0 Å². The van der Waals surface area contributed by atoms with E-state index in [0.29, 0.717) is 83.2 Å². The van der Waals surface area contributed by atoms with Crippen LogP contribution < -0.4 is 0 Å². The van der Waals surface area contributed by atoms with E-state index in [4.69, 9.17) is 0 Å². The summed E-state index contributed by atoms with van der Waals surface area (Å²) >= 11 is 0. The molecule has 238 valence electrons. The van der Waals surface area contributed by atoms with Crippen molar-refractivity contribution in [2.75, 3.05) is 6.54 Å². The van der Waals surface area contributed by atoms with Gasteiger partial charge in [0.2, 0.25) is 11.6 Å². The number of aryl methyl sites for hydroxylation is 1. The molecule has 1 heterocycles. The molecule has 0 spiro atoms. The van der Waals surface area contributed by atoms with Crippen molar-refractivity contribution in [3.05, 3.63) is 70.3 Å². The Balaban J connectivity index is 1.37. The zero-order valence-electron chi connectivity index (χ0n) is 25.6. The molecule has 1 amide bonds. The zero-order valence-corrected chi connectivity index (χ0v) is 25.6. The monoisotopic (exact) mass is 615 g/mol. The van der Waals surface area contributed by atoms with Crippen LogP contribution in [0.5, 0.6) is 0 Å². The molecule has 2 aromatic carbocycles. The van der Waals surface area contributed by atoms with Gasteiger partial charge in [-0.2, -0.15) is 13.2 Å². The highest BCUT2D eigenvalue weighted by Crippen LogP contribution is 2.59. The number of fused-ring (bicyclic) bond motifs is 6. The predicted octanol–water partition coefficient (Wildman–Crippen LogP) is 7.11. The van der Waals surface area contributed by atoms with Crippen LogP contribution in [0.3, 0.4) is 0 Å². The van der Waals surface area contributed by atoms with E-state index in [9.17, 15) is 33.0 Å². The molecule has 3 unspecified atom stereocenters. The lowest BCUT2D eigenvalue weighted by atomic mass is 9.53. The standard InChI is InChI=1S/C35H41F4NO4/c1-30(2,44)24-7-4-22(5-8-24)21-34-18-19-40(28(41)32-12-15-33(16-13-32,17-14-32)29(42)43)27(34)11-6-23-20-25(9-10-26(23)34)31(3,36)35(37,38)39/h4-5,7-10,20,27,44H,6,11-19,21H2,1-3H3,(H,42,43). The molecule has 1 saturated heterocycles. The summed E-state index contributed by atoms with van der Waals surface area (Å²) in [5, 5.41) is 20.3. The van der Waals surface area contributed by atoms with E-state index in [1.165, 1.54) is 12.1 Å². The Labute approximate surface area is 255 Å². The molecule has 7 rings (SSSR count). The fourth-order valence-corrected chi connectivity index (χ4v) is 8.79. The van der Waals surface area contributed by atoms with Crippen LogP contribution in [0.1, 0.15) is 100.0 Å². The number of carboxylic acids is 1. The van der Waals surface area contributed by atoms with Crippen LogP contribution in [-0.4, -0.2) is 45.8 Å². The third-order valence-electron chi connectivity index (χ3n) is 11.8. The van der Waals surface area contributed by atoms with Crippen molar-refractivity contribution in [1.82, 2.24) is 4.90 Å². The van der Waals surface area contributed by atoms with Gasteiger partial charge in [0.25, 0.3) is 0 Å². The number of nitrogens with zero attached hydrogens (tertiary/aromatic N) is 1. The lowest BCUT2D eigenvalue weighted by Gasteiger charge is -2.52. The Bertz CT molecular complexity index is 1450. The molecule has 0 radical (unpaired) electrons. The number of carboxylic acid groups (broad SMARTS) is 1. The largest absolute Gasteiger partial charge is 0.481 e. The first-order chi connectivity index (χ1) is 20.4. The van der Waals surface area contributed by atoms with Crippen LogP contribution in [0.2, 0.25) is 0 Å². The van der Waals surface area contributed by atoms with E-state index >= 15 is 4.39 Å². The Morgan fingerprint density at radius 2 is 1.43 bits per heavy atom. The number of rotatable bonds is 6. The first-order valence-electron chi connectivity index (χ1n) is 15.7. The first-order valence-corrected chi connectivity index (χ1v) is 15.7. The number of alkyl halides is 4. The van der Waals surface area contributed by atoms with Gasteiger partial charge in [0, 0.05) is 23.4 Å².